The number of para-hydroxylation sites is 1. The van der Waals surface area contributed by atoms with Crippen LogP contribution in [0.25, 0.3) is 0 Å². The van der Waals surface area contributed by atoms with Crippen LogP contribution in [-0.2, 0) is 10.2 Å². The molecular formula is C17H25NO3. The van der Waals surface area contributed by atoms with Gasteiger partial charge in [0.1, 0.15) is 11.9 Å². The Hall–Kier alpha value is -1.55. The Balaban J connectivity index is 2.18. The highest BCUT2D eigenvalue weighted by molar-refractivity contribution is 5.69. The molecule has 1 saturated heterocycles. The minimum atomic E-state index is -0.785. The Labute approximate surface area is 126 Å². The summed E-state index contributed by atoms with van der Waals surface area (Å²) in [6, 6.07) is 7.82. The number of ether oxygens (including phenoxy) is 1. The highest BCUT2D eigenvalue weighted by Crippen LogP contribution is 2.35. The molecule has 0 spiro atoms. The van der Waals surface area contributed by atoms with Crippen molar-refractivity contribution in [2.45, 2.75) is 44.6 Å². The lowest BCUT2D eigenvalue weighted by atomic mass is 9.81. The predicted octanol–water partition coefficient (Wildman–Crippen LogP) is 2.91. The van der Waals surface area contributed by atoms with E-state index in [1.165, 1.54) is 0 Å². The van der Waals surface area contributed by atoms with Crippen molar-refractivity contribution in [2.24, 2.45) is 0 Å². The summed E-state index contributed by atoms with van der Waals surface area (Å²) in [5.41, 5.74) is 0.531. The molecule has 2 rings (SSSR count). The van der Waals surface area contributed by atoms with E-state index >= 15 is 0 Å². The highest BCUT2D eigenvalue weighted by atomic mass is 16.5. The maximum absolute atomic E-state index is 11.1. The topological polar surface area (TPSA) is 49.8 Å². The van der Waals surface area contributed by atoms with Gasteiger partial charge >= 0.3 is 5.97 Å². The van der Waals surface area contributed by atoms with Crippen molar-refractivity contribution in [1.82, 2.24) is 4.90 Å². The molecule has 0 aliphatic carbocycles. The number of piperidine rings is 1. The molecule has 1 N–H and O–H groups in total. The normalized spacial score (nSPS) is 20.2. The molecule has 0 amide bonds. The lowest BCUT2D eigenvalue weighted by Gasteiger charge is -2.32. The Morgan fingerprint density at radius 2 is 2.14 bits per heavy atom. The van der Waals surface area contributed by atoms with Crippen molar-refractivity contribution in [1.29, 1.82) is 0 Å². The Kier molecular flexibility index (Phi) is 4.88. The quantitative estimate of drug-likeness (QED) is 0.906. The van der Waals surface area contributed by atoms with E-state index in [-0.39, 0.29) is 12.5 Å². The molecule has 0 saturated carbocycles. The van der Waals surface area contributed by atoms with Crippen LogP contribution in [0.3, 0.4) is 0 Å². The summed E-state index contributed by atoms with van der Waals surface area (Å²) >= 11 is 0. The molecule has 21 heavy (non-hydrogen) atoms. The number of rotatable bonds is 5. The maximum atomic E-state index is 11.1. The van der Waals surface area contributed by atoms with Gasteiger partial charge in [0.2, 0.25) is 0 Å². The Morgan fingerprint density at radius 1 is 1.43 bits per heavy atom. The van der Waals surface area contributed by atoms with E-state index in [0.29, 0.717) is 0 Å². The third-order valence-corrected chi connectivity index (χ3v) is 4.08. The molecule has 1 aliphatic heterocycles. The van der Waals surface area contributed by atoms with Crippen LogP contribution in [0, 0.1) is 0 Å². The molecule has 0 bridgehead atoms. The van der Waals surface area contributed by atoms with Crippen molar-refractivity contribution in [3.05, 3.63) is 29.8 Å². The van der Waals surface area contributed by atoms with E-state index in [1.54, 1.807) is 0 Å². The summed E-state index contributed by atoms with van der Waals surface area (Å²) < 4.78 is 6.19. The first-order chi connectivity index (χ1) is 9.88. The van der Waals surface area contributed by atoms with Gasteiger partial charge in [-0.15, -0.1) is 0 Å². The van der Waals surface area contributed by atoms with Gasteiger partial charge in [0, 0.05) is 17.5 Å². The number of hydrogen-bond donors (Lipinski definition) is 1. The van der Waals surface area contributed by atoms with Gasteiger partial charge in [0.15, 0.2) is 0 Å². The molecule has 4 heteroatoms. The van der Waals surface area contributed by atoms with Crippen molar-refractivity contribution >= 4 is 5.97 Å². The van der Waals surface area contributed by atoms with Crippen LogP contribution in [0.15, 0.2) is 24.3 Å². The number of nitrogens with zero attached hydrogens (tertiary/aromatic N) is 1. The highest BCUT2D eigenvalue weighted by Gasteiger charge is 2.28. The summed E-state index contributed by atoms with van der Waals surface area (Å²) in [6.07, 6.45) is 2.48. The summed E-state index contributed by atoms with van der Waals surface area (Å²) in [4.78, 5) is 13.4. The monoisotopic (exact) mass is 291 g/mol. The minimum absolute atomic E-state index is 0.0952. The van der Waals surface area contributed by atoms with Crippen LogP contribution < -0.4 is 4.74 Å². The fourth-order valence-corrected chi connectivity index (χ4v) is 3.00. The molecule has 1 aromatic carbocycles. The first-order valence-corrected chi connectivity index (χ1v) is 7.55. The van der Waals surface area contributed by atoms with Gasteiger partial charge in [-0.25, -0.2) is 0 Å². The molecule has 4 nitrogen and oxygen atoms in total. The summed E-state index contributed by atoms with van der Waals surface area (Å²) in [7, 11) is 2.11. The third kappa shape index (κ3) is 4.21. The number of benzene rings is 1. The van der Waals surface area contributed by atoms with E-state index < -0.39 is 11.4 Å². The molecular weight excluding hydrogens is 266 g/mol. The van der Waals surface area contributed by atoms with E-state index in [1.807, 2.05) is 38.1 Å². The number of hydrogen-bond acceptors (Lipinski definition) is 3. The van der Waals surface area contributed by atoms with E-state index in [4.69, 9.17) is 9.84 Å². The molecule has 1 fully saturated rings. The second-order valence-corrected chi connectivity index (χ2v) is 6.59. The van der Waals surface area contributed by atoms with Gasteiger partial charge < -0.3 is 14.7 Å². The Morgan fingerprint density at radius 3 is 2.81 bits per heavy atom. The summed E-state index contributed by atoms with van der Waals surface area (Å²) in [5.74, 6) is 0.0382. The van der Waals surface area contributed by atoms with Gasteiger partial charge in [-0.05, 0) is 32.5 Å². The number of carbonyl (C=O) groups is 1. The van der Waals surface area contributed by atoms with Crippen LogP contribution in [-0.4, -0.2) is 42.2 Å². The number of carboxylic acid groups (broad SMARTS) is 1. The van der Waals surface area contributed by atoms with Crippen molar-refractivity contribution in [3.8, 4) is 5.75 Å². The van der Waals surface area contributed by atoms with Crippen LogP contribution in [0.5, 0.6) is 5.75 Å². The van der Waals surface area contributed by atoms with Crippen LogP contribution in [0.1, 0.15) is 38.7 Å². The molecule has 1 aromatic rings. The molecule has 1 unspecified atom stereocenters. The number of likely N-dealkylation sites (tertiary alicyclic amines) is 1. The maximum Gasteiger partial charge on any atom is 0.304 e. The SMILES string of the molecule is CN1CCCC(Oc2ccccc2C(C)(C)CC(=O)O)C1. The van der Waals surface area contributed by atoms with Crippen molar-refractivity contribution in [2.75, 3.05) is 20.1 Å². The summed E-state index contributed by atoms with van der Waals surface area (Å²) in [6.45, 7) is 5.95. The van der Waals surface area contributed by atoms with Gasteiger partial charge in [0.25, 0.3) is 0 Å². The second kappa shape index (κ2) is 6.48. The van der Waals surface area contributed by atoms with Gasteiger partial charge in [-0.1, -0.05) is 32.0 Å². The first kappa shape index (κ1) is 15.8. The zero-order chi connectivity index (χ0) is 15.5. The van der Waals surface area contributed by atoms with Gasteiger partial charge in [0.05, 0.1) is 6.42 Å². The molecule has 0 aromatic heterocycles. The fraction of sp³-hybridized carbons (Fsp3) is 0.588. The largest absolute Gasteiger partial charge is 0.489 e. The van der Waals surface area contributed by atoms with E-state index in [9.17, 15) is 4.79 Å². The molecule has 1 heterocycles. The Bertz CT molecular complexity index is 499. The van der Waals surface area contributed by atoms with Gasteiger partial charge in [-0.3, -0.25) is 4.79 Å². The zero-order valence-electron chi connectivity index (χ0n) is 13.1. The third-order valence-electron chi connectivity index (χ3n) is 4.08. The average molecular weight is 291 g/mol. The van der Waals surface area contributed by atoms with Crippen molar-refractivity contribution < 1.29 is 14.6 Å². The fourth-order valence-electron chi connectivity index (χ4n) is 3.00. The predicted molar refractivity (Wildman–Crippen MR) is 82.9 cm³/mol. The molecule has 1 atom stereocenters. The lowest BCUT2D eigenvalue weighted by molar-refractivity contribution is -0.138. The minimum Gasteiger partial charge on any atom is -0.489 e. The van der Waals surface area contributed by atoms with E-state index in [2.05, 4.69) is 11.9 Å². The second-order valence-electron chi connectivity index (χ2n) is 6.59. The van der Waals surface area contributed by atoms with Crippen LogP contribution >= 0.6 is 0 Å². The number of likely N-dealkylation sites (N-methyl/N-ethyl adjacent to an activating group) is 1. The molecule has 116 valence electrons. The lowest BCUT2D eigenvalue weighted by Crippen LogP contribution is -2.39. The van der Waals surface area contributed by atoms with Crippen LogP contribution in [0.2, 0.25) is 0 Å². The molecule has 0 radical (unpaired) electrons. The smallest absolute Gasteiger partial charge is 0.304 e. The van der Waals surface area contributed by atoms with Gasteiger partial charge in [-0.2, -0.15) is 0 Å². The van der Waals surface area contributed by atoms with Crippen LogP contribution in [0.4, 0.5) is 0 Å². The first-order valence-electron chi connectivity index (χ1n) is 7.55. The number of carboxylic acids is 1. The summed E-state index contributed by atoms with van der Waals surface area (Å²) in [5, 5.41) is 9.11. The standard InChI is InChI=1S/C17H25NO3/c1-17(2,11-16(19)20)14-8-4-5-9-15(14)21-13-7-6-10-18(3)12-13/h4-5,8-9,13H,6-7,10-12H2,1-3H3,(H,19,20). The number of aliphatic carboxylic acids is 1. The van der Waals surface area contributed by atoms with E-state index in [0.717, 1.165) is 37.2 Å². The average Bonchev–Trinajstić information content (AvgIpc) is 2.37. The van der Waals surface area contributed by atoms with Crippen molar-refractivity contribution in [3.63, 3.8) is 0 Å². The zero-order valence-corrected chi connectivity index (χ0v) is 13.1. The molecule has 1 aliphatic rings.